The molecule has 0 radical (unpaired) electrons. The maximum atomic E-state index is 5.87. The van der Waals surface area contributed by atoms with Gasteiger partial charge in [0.05, 0.1) is 13.7 Å². The molecule has 1 aromatic rings. The largest absolute Gasteiger partial charge is 0.497 e. The molecule has 0 heterocycles. The molecule has 3 heteroatoms. The van der Waals surface area contributed by atoms with Gasteiger partial charge >= 0.3 is 0 Å². The van der Waals surface area contributed by atoms with Gasteiger partial charge in [0.25, 0.3) is 0 Å². The third-order valence-electron chi connectivity index (χ3n) is 4.25. The average Bonchev–Trinajstić information content (AvgIpc) is 3.26. The number of hydrogen-bond acceptors (Lipinski definition) is 3. The molecule has 1 atom stereocenters. The first-order valence-corrected chi connectivity index (χ1v) is 7.99. The molecule has 3 nitrogen and oxygen atoms in total. The zero-order valence-corrected chi connectivity index (χ0v) is 13.8. The summed E-state index contributed by atoms with van der Waals surface area (Å²) in [5, 5.41) is 3.65. The Morgan fingerprint density at radius 2 is 1.76 bits per heavy atom. The van der Waals surface area contributed by atoms with Crippen LogP contribution in [0.25, 0.3) is 0 Å². The predicted molar refractivity (Wildman–Crippen MR) is 87.1 cm³/mol. The fourth-order valence-corrected chi connectivity index (χ4v) is 2.43. The summed E-state index contributed by atoms with van der Waals surface area (Å²) in [5.41, 5.74) is 0.311. The molecular formula is C18H29NO2. The van der Waals surface area contributed by atoms with Crippen molar-refractivity contribution in [2.24, 2.45) is 11.3 Å². The van der Waals surface area contributed by atoms with E-state index in [0.717, 1.165) is 37.1 Å². The van der Waals surface area contributed by atoms with E-state index in [1.54, 1.807) is 7.11 Å². The van der Waals surface area contributed by atoms with E-state index in [1.165, 1.54) is 12.8 Å². The summed E-state index contributed by atoms with van der Waals surface area (Å²) >= 11 is 0. The first-order chi connectivity index (χ1) is 9.99. The highest BCUT2D eigenvalue weighted by molar-refractivity contribution is 5.31. The second-order valence-electron chi connectivity index (χ2n) is 7.06. The topological polar surface area (TPSA) is 30.5 Å². The summed E-state index contributed by atoms with van der Waals surface area (Å²) in [6.07, 6.45) is 3.77. The second kappa shape index (κ2) is 7.17. The standard InChI is InChI=1S/C18H29NO2/c1-18(2,3)14(13-19-15-5-6-15)11-12-21-17-9-7-16(20-4)8-10-17/h7-10,14-15,19H,5-6,11-13H2,1-4H3. The number of rotatable bonds is 8. The number of hydrogen-bond donors (Lipinski definition) is 1. The highest BCUT2D eigenvalue weighted by Crippen LogP contribution is 2.30. The Hall–Kier alpha value is -1.22. The van der Waals surface area contributed by atoms with E-state index < -0.39 is 0 Å². The van der Waals surface area contributed by atoms with E-state index in [1.807, 2.05) is 24.3 Å². The van der Waals surface area contributed by atoms with Crippen LogP contribution in [0.2, 0.25) is 0 Å². The molecule has 0 bridgehead atoms. The molecule has 118 valence electrons. The van der Waals surface area contributed by atoms with Crippen LogP contribution in [-0.4, -0.2) is 26.3 Å². The summed E-state index contributed by atoms with van der Waals surface area (Å²) < 4.78 is 11.0. The van der Waals surface area contributed by atoms with Crippen LogP contribution in [0.5, 0.6) is 11.5 Å². The normalized spacial score (nSPS) is 16.6. The van der Waals surface area contributed by atoms with E-state index in [2.05, 4.69) is 26.1 Å². The molecule has 0 aromatic heterocycles. The fourth-order valence-electron chi connectivity index (χ4n) is 2.43. The van der Waals surface area contributed by atoms with E-state index in [4.69, 9.17) is 9.47 Å². The van der Waals surface area contributed by atoms with Gasteiger partial charge in [-0.05, 0) is 61.4 Å². The molecule has 21 heavy (non-hydrogen) atoms. The van der Waals surface area contributed by atoms with E-state index in [9.17, 15) is 0 Å². The summed E-state index contributed by atoms with van der Waals surface area (Å²) in [7, 11) is 1.68. The average molecular weight is 291 g/mol. The molecule has 1 fully saturated rings. The lowest BCUT2D eigenvalue weighted by Gasteiger charge is -2.31. The van der Waals surface area contributed by atoms with Crippen LogP contribution in [-0.2, 0) is 0 Å². The minimum Gasteiger partial charge on any atom is -0.497 e. The SMILES string of the molecule is COc1ccc(OCCC(CNC2CC2)C(C)(C)C)cc1. The van der Waals surface area contributed by atoms with Crippen molar-refractivity contribution in [3.8, 4) is 11.5 Å². The Kier molecular flexibility index (Phi) is 5.51. The van der Waals surface area contributed by atoms with E-state index in [-0.39, 0.29) is 0 Å². The number of benzene rings is 1. The van der Waals surface area contributed by atoms with Crippen molar-refractivity contribution < 1.29 is 9.47 Å². The van der Waals surface area contributed by atoms with Gasteiger partial charge in [-0.1, -0.05) is 20.8 Å². The molecule has 1 aliphatic rings. The van der Waals surface area contributed by atoms with Crippen molar-refractivity contribution in [2.75, 3.05) is 20.3 Å². The van der Waals surface area contributed by atoms with Crippen LogP contribution < -0.4 is 14.8 Å². The Bertz CT molecular complexity index is 418. The van der Waals surface area contributed by atoms with Gasteiger partial charge in [0.1, 0.15) is 11.5 Å². The lowest BCUT2D eigenvalue weighted by Crippen LogP contribution is -2.34. The minimum atomic E-state index is 0.311. The third kappa shape index (κ3) is 5.58. The smallest absolute Gasteiger partial charge is 0.119 e. The van der Waals surface area contributed by atoms with Crippen molar-refractivity contribution in [1.82, 2.24) is 5.32 Å². The van der Waals surface area contributed by atoms with E-state index >= 15 is 0 Å². The van der Waals surface area contributed by atoms with Crippen molar-refractivity contribution in [1.29, 1.82) is 0 Å². The molecule has 0 spiro atoms. The molecule has 1 aromatic carbocycles. The second-order valence-corrected chi connectivity index (χ2v) is 7.06. The van der Waals surface area contributed by atoms with Crippen LogP contribution in [0.15, 0.2) is 24.3 Å². The monoisotopic (exact) mass is 291 g/mol. The maximum Gasteiger partial charge on any atom is 0.119 e. The van der Waals surface area contributed by atoms with Crippen LogP contribution in [0.3, 0.4) is 0 Å². The quantitative estimate of drug-likeness (QED) is 0.788. The fraction of sp³-hybridized carbons (Fsp3) is 0.667. The summed E-state index contributed by atoms with van der Waals surface area (Å²) in [6.45, 7) is 8.82. The van der Waals surface area contributed by atoms with Crippen molar-refractivity contribution in [3.05, 3.63) is 24.3 Å². The van der Waals surface area contributed by atoms with E-state index in [0.29, 0.717) is 11.3 Å². The Morgan fingerprint density at radius 3 is 2.29 bits per heavy atom. The number of methoxy groups -OCH3 is 1. The van der Waals surface area contributed by atoms with Gasteiger partial charge in [-0.2, -0.15) is 0 Å². The van der Waals surface area contributed by atoms with Gasteiger partial charge in [0.2, 0.25) is 0 Å². The molecule has 1 saturated carbocycles. The molecule has 1 unspecified atom stereocenters. The molecule has 1 N–H and O–H groups in total. The first kappa shape index (κ1) is 16.2. The minimum absolute atomic E-state index is 0.311. The molecule has 0 saturated heterocycles. The maximum absolute atomic E-state index is 5.87. The number of nitrogens with one attached hydrogen (secondary N) is 1. The summed E-state index contributed by atoms with van der Waals surface area (Å²) in [5.74, 6) is 2.42. The van der Waals surface area contributed by atoms with Crippen LogP contribution in [0.1, 0.15) is 40.0 Å². The van der Waals surface area contributed by atoms with Crippen molar-refractivity contribution in [3.63, 3.8) is 0 Å². The Labute approximate surface area is 129 Å². The molecule has 0 amide bonds. The predicted octanol–water partition coefficient (Wildman–Crippen LogP) is 3.88. The third-order valence-corrected chi connectivity index (χ3v) is 4.25. The van der Waals surface area contributed by atoms with Gasteiger partial charge in [-0.15, -0.1) is 0 Å². The Balaban J connectivity index is 1.76. The van der Waals surface area contributed by atoms with Gasteiger partial charge < -0.3 is 14.8 Å². The zero-order chi connectivity index (χ0) is 15.3. The van der Waals surface area contributed by atoms with Gasteiger partial charge in [0.15, 0.2) is 0 Å². The van der Waals surface area contributed by atoms with Crippen molar-refractivity contribution >= 4 is 0 Å². The zero-order valence-electron chi connectivity index (χ0n) is 13.8. The number of ether oxygens (including phenoxy) is 2. The Morgan fingerprint density at radius 1 is 1.14 bits per heavy atom. The lowest BCUT2D eigenvalue weighted by atomic mass is 9.79. The molecular weight excluding hydrogens is 262 g/mol. The highest BCUT2D eigenvalue weighted by atomic mass is 16.5. The molecule has 2 rings (SSSR count). The first-order valence-electron chi connectivity index (χ1n) is 7.99. The van der Waals surface area contributed by atoms with Gasteiger partial charge in [-0.25, -0.2) is 0 Å². The lowest BCUT2D eigenvalue weighted by molar-refractivity contribution is 0.179. The van der Waals surface area contributed by atoms with Gasteiger partial charge in [0, 0.05) is 6.04 Å². The molecule has 1 aliphatic carbocycles. The summed E-state index contributed by atoms with van der Waals surface area (Å²) in [6, 6.07) is 8.58. The molecule has 0 aliphatic heterocycles. The van der Waals surface area contributed by atoms with Crippen LogP contribution >= 0.6 is 0 Å². The van der Waals surface area contributed by atoms with Crippen molar-refractivity contribution in [2.45, 2.75) is 46.1 Å². The summed E-state index contributed by atoms with van der Waals surface area (Å²) in [4.78, 5) is 0. The van der Waals surface area contributed by atoms with Crippen LogP contribution in [0.4, 0.5) is 0 Å². The van der Waals surface area contributed by atoms with Gasteiger partial charge in [-0.3, -0.25) is 0 Å². The van der Waals surface area contributed by atoms with Crippen LogP contribution in [0, 0.1) is 11.3 Å². The highest BCUT2D eigenvalue weighted by Gasteiger charge is 2.27.